The standard InChI is InChI=1S/C21H21F2N3O6/c1-30-17-9-14(16(26(28)29)10-18(17)32-21(22)23)19-24-15-7-3-2-6-13(15)20(27)25(19)11-12-5-4-8-31-12/h2-3,6-7,9-10,12,19,21,24H,4-5,8,11H2,1H3/t12-,19-/m1/s1. The van der Waals surface area contributed by atoms with Crippen molar-refractivity contribution in [2.45, 2.75) is 31.7 Å². The molecule has 2 aliphatic rings. The average Bonchev–Trinajstić information content (AvgIpc) is 3.28. The van der Waals surface area contributed by atoms with Crippen molar-refractivity contribution in [2.24, 2.45) is 0 Å². The Labute approximate surface area is 182 Å². The van der Waals surface area contributed by atoms with Gasteiger partial charge in [-0.2, -0.15) is 8.78 Å². The van der Waals surface area contributed by atoms with Gasteiger partial charge in [-0.3, -0.25) is 14.9 Å². The highest BCUT2D eigenvalue weighted by Crippen LogP contribution is 2.42. The van der Waals surface area contributed by atoms with Crippen molar-refractivity contribution >= 4 is 17.3 Å². The summed E-state index contributed by atoms with van der Waals surface area (Å²) in [5.74, 6) is -0.900. The number of amides is 1. The van der Waals surface area contributed by atoms with Gasteiger partial charge in [-0.25, -0.2) is 0 Å². The highest BCUT2D eigenvalue weighted by Gasteiger charge is 2.39. The molecule has 0 aliphatic carbocycles. The molecule has 2 aromatic rings. The van der Waals surface area contributed by atoms with Crippen LogP contribution >= 0.6 is 0 Å². The molecular weight excluding hydrogens is 428 g/mol. The molecule has 11 heteroatoms. The number of hydrogen-bond acceptors (Lipinski definition) is 7. The molecule has 0 saturated carbocycles. The summed E-state index contributed by atoms with van der Waals surface area (Å²) in [7, 11) is 1.24. The number of carbonyl (C=O) groups excluding carboxylic acids is 1. The van der Waals surface area contributed by atoms with Crippen molar-refractivity contribution in [3.05, 3.63) is 57.6 Å². The molecule has 170 valence electrons. The number of halogens is 2. The van der Waals surface area contributed by atoms with Crippen LogP contribution in [0.2, 0.25) is 0 Å². The summed E-state index contributed by atoms with van der Waals surface area (Å²) in [4.78, 5) is 25.9. The van der Waals surface area contributed by atoms with Gasteiger partial charge in [-0.15, -0.1) is 0 Å². The summed E-state index contributed by atoms with van der Waals surface area (Å²) in [6.45, 7) is -2.40. The number of nitrogens with one attached hydrogen (secondary N) is 1. The van der Waals surface area contributed by atoms with Crippen molar-refractivity contribution in [3.8, 4) is 11.5 Å². The molecule has 1 N–H and O–H groups in total. The van der Waals surface area contributed by atoms with Crippen molar-refractivity contribution in [1.29, 1.82) is 0 Å². The fraction of sp³-hybridized carbons (Fsp3) is 0.381. The molecule has 0 aromatic heterocycles. The first-order valence-corrected chi connectivity index (χ1v) is 9.98. The molecular formula is C21H21F2N3O6. The third-order valence-corrected chi connectivity index (χ3v) is 5.47. The van der Waals surface area contributed by atoms with Crippen LogP contribution in [-0.2, 0) is 4.74 Å². The molecule has 1 amide bonds. The van der Waals surface area contributed by atoms with E-state index in [0.717, 1.165) is 18.9 Å². The molecule has 9 nitrogen and oxygen atoms in total. The molecule has 2 heterocycles. The number of fused-ring (bicyclic) bond motifs is 1. The van der Waals surface area contributed by atoms with Gasteiger partial charge < -0.3 is 24.4 Å². The van der Waals surface area contributed by atoms with Crippen LogP contribution in [0.15, 0.2) is 36.4 Å². The van der Waals surface area contributed by atoms with Gasteiger partial charge in [0.1, 0.15) is 6.17 Å². The summed E-state index contributed by atoms with van der Waals surface area (Å²) in [5.41, 5.74) is 0.527. The lowest BCUT2D eigenvalue weighted by atomic mass is 10.0. The van der Waals surface area contributed by atoms with E-state index in [2.05, 4.69) is 10.1 Å². The molecule has 0 unspecified atom stereocenters. The first kappa shape index (κ1) is 21.8. The normalized spacial score (nSPS) is 20.1. The van der Waals surface area contributed by atoms with Gasteiger partial charge in [0.15, 0.2) is 11.5 Å². The Bertz CT molecular complexity index is 1030. The maximum Gasteiger partial charge on any atom is 0.387 e. The Kier molecular flexibility index (Phi) is 6.08. The van der Waals surface area contributed by atoms with Crippen molar-refractivity contribution < 1.29 is 32.7 Å². The van der Waals surface area contributed by atoms with Crippen LogP contribution in [0.4, 0.5) is 20.2 Å². The number of anilines is 1. The lowest BCUT2D eigenvalue weighted by Crippen LogP contribution is -2.46. The number of benzene rings is 2. The number of nitro groups is 1. The number of ether oxygens (including phenoxy) is 3. The third kappa shape index (κ3) is 4.15. The van der Waals surface area contributed by atoms with Crippen LogP contribution in [0.3, 0.4) is 0 Å². The lowest BCUT2D eigenvalue weighted by molar-refractivity contribution is -0.386. The molecule has 2 aliphatic heterocycles. The Morgan fingerprint density at radius 3 is 2.75 bits per heavy atom. The fourth-order valence-corrected chi connectivity index (χ4v) is 4.02. The van der Waals surface area contributed by atoms with Crippen LogP contribution < -0.4 is 14.8 Å². The molecule has 0 radical (unpaired) electrons. The van der Waals surface area contributed by atoms with Gasteiger partial charge in [0.2, 0.25) is 0 Å². The molecule has 2 aromatic carbocycles. The first-order chi connectivity index (χ1) is 15.4. The molecule has 0 spiro atoms. The number of hydrogen-bond donors (Lipinski definition) is 1. The predicted molar refractivity (Wildman–Crippen MR) is 109 cm³/mol. The third-order valence-electron chi connectivity index (χ3n) is 5.47. The zero-order chi connectivity index (χ0) is 22.8. The Balaban J connectivity index is 1.82. The molecule has 0 bridgehead atoms. The second kappa shape index (κ2) is 8.95. The predicted octanol–water partition coefficient (Wildman–Crippen LogP) is 3.95. The smallest absolute Gasteiger partial charge is 0.387 e. The van der Waals surface area contributed by atoms with E-state index in [4.69, 9.17) is 9.47 Å². The van der Waals surface area contributed by atoms with E-state index in [1.54, 1.807) is 24.3 Å². The van der Waals surface area contributed by atoms with Crippen LogP contribution in [0, 0.1) is 10.1 Å². The van der Waals surface area contributed by atoms with Crippen molar-refractivity contribution in [3.63, 3.8) is 0 Å². The monoisotopic (exact) mass is 449 g/mol. The molecule has 1 fully saturated rings. The quantitative estimate of drug-likeness (QED) is 0.504. The zero-order valence-corrected chi connectivity index (χ0v) is 17.1. The zero-order valence-electron chi connectivity index (χ0n) is 17.1. The summed E-state index contributed by atoms with van der Waals surface area (Å²) >= 11 is 0. The van der Waals surface area contributed by atoms with E-state index in [-0.39, 0.29) is 29.9 Å². The minimum absolute atomic E-state index is 0.0781. The Hall–Kier alpha value is -3.47. The van der Waals surface area contributed by atoms with Crippen molar-refractivity contribution in [1.82, 2.24) is 4.90 Å². The van der Waals surface area contributed by atoms with E-state index >= 15 is 0 Å². The summed E-state index contributed by atoms with van der Waals surface area (Å²) in [6, 6.07) is 8.96. The first-order valence-electron chi connectivity index (χ1n) is 9.98. The number of nitrogens with zero attached hydrogens (tertiary/aromatic N) is 2. The van der Waals surface area contributed by atoms with Crippen LogP contribution in [0.25, 0.3) is 0 Å². The van der Waals surface area contributed by atoms with Crippen molar-refractivity contribution in [2.75, 3.05) is 25.6 Å². The summed E-state index contributed by atoms with van der Waals surface area (Å²) < 4.78 is 40.8. The topological polar surface area (TPSA) is 103 Å². The van der Waals surface area contributed by atoms with E-state index < -0.39 is 29.1 Å². The lowest BCUT2D eigenvalue weighted by Gasteiger charge is -2.39. The second-order valence-electron chi connectivity index (χ2n) is 7.38. The molecule has 32 heavy (non-hydrogen) atoms. The van der Waals surface area contributed by atoms with E-state index in [1.165, 1.54) is 18.1 Å². The number of methoxy groups -OCH3 is 1. The van der Waals surface area contributed by atoms with Gasteiger partial charge in [0.05, 0.1) is 35.3 Å². The van der Waals surface area contributed by atoms with Crippen LogP contribution in [0.1, 0.15) is 34.9 Å². The van der Waals surface area contributed by atoms with Gasteiger partial charge in [0, 0.05) is 18.8 Å². The van der Waals surface area contributed by atoms with Gasteiger partial charge >= 0.3 is 6.61 Å². The minimum Gasteiger partial charge on any atom is -0.493 e. The van der Waals surface area contributed by atoms with Crippen LogP contribution in [-0.4, -0.2) is 48.7 Å². The Morgan fingerprint density at radius 2 is 2.09 bits per heavy atom. The van der Waals surface area contributed by atoms with E-state index in [9.17, 15) is 23.7 Å². The molecule has 1 saturated heterocycles. The number of rotatable bonds is 7. The van der Waals surface area contributed by atoms with E-state index in [1.807, 2.05) is 0 Å². The second-order valence-corrected chi connectivity index (χ2v) is 7.38. The number of carbonyl (C=O) groups is 1. The van der Waals surface area contributed by atoms with Crippen LogP contribution in [0.5, 0.6) is 11.5 Å². The SMILES string of the molecule is COc1cc([C@@H]2Nc3ccccc3C(=O)N2C[C@H]2CCCO2)c([N+](=O)[O-])cc1OC(F)F. The highest BCUT2D eigenvalue weighted by atomic mass is 19.3. The number of alkyl halides is 2. The van der Waals surface area contributed by atoms with E-state index in [0.29, 0.717) is 17.9 Å². The molecule has 2 atom stereocenters. The summed E-state index contributed by atoms with van der Waals surface area (Å²) in [5, 5.41) is 15.0. The summed E-state index contributed by atoms with van der Waals surface area (Å²) in [6.07, 6.45) is 0.451. The average molecular weight is 449 g/mol. The fourth-order valence-electron chi connectivity index (χ4n) is 4.02. The maximum absolute atomic E-state index is 13.3. The van der Waals surface area contributed by atoms with Gasteiger partial charge in [-0.05, 0) is 31.0 Å². The van der Waals surface area contributed by atoms with Gasteiger partial charge in [-0.1, -0.05) is 12.1 Å². The molecule has 4 rings (SSSR count). The number of para-hydroxylation sites is 1. The highest BCUT2D eigenvalue weighted by molar-refractivity contribution is 6.01. The minimum atomic E-state index is -3.19. The maximum atomic E-state index is 13.3. The van der Waals surface area contributed by atoms with Gasteiger partial charge in [0.25, 0.3) is 11.6 Å². The largest absolute Gasteiger partial charge is 0.493 e. The Morgan fingerprint density at radius 1 is 1.31 bits per heavy atom. The number of nitro benzene ring substituents is 1.